The quantitative estimate of drug-likeness (QED) is 0.181. The molecule has 0 saturated heterocycles. The summed E-state index contributed by atoms with van der Waals surface area (Å²) in [4.78, 5) is 2.72. The summed E-state index contributed by atoms with van der Waals surface area (Å²) in [7, 11) is 0. The standard InChI is InChI=1S/C47H32N2S/c1-2-15-31(16-3-1)43-36-20-9-11-24-41(36)48-46(49-43)37-22-12-21-35-34-19-8-10-23-38(34)47(42(35)37)39-27-25-29-13-4-6-17-32(29)44(39)50-45-33-18-7-5-14-30(33)26-28-40(45)47/h1-28,43,46,48-49H/p+1. The first kappa shape index (κ1) is 28.4. The molecule has 0 aromatic heterocycles. The molecule has 0 saturated carbocycles. The summed E-state index contributed by atoms with van der Waals surface area (Å²) >= 11 is 1.96. The number of rotatable bonds is 2. The van der Waals surface area contributed by atoms with Crippen molar-refractivity contribution < 1.29 is 5.32 Å². The van der Waals surface area contributed by atoms with Crippen LogP contribution >= 0.6 is 11.8 Å². The lowest BCUT2D eigenvalue weighted by atomic mass is 9.65. The Bertz CT molecular complexity index is 2580. The molecule has 1 aliphatic carbocycles. The summed E-state index contributed by atoms with van der Waals surface area (Å²) in [6.07, 6.45) is -0.00126. The van der Waals surface area contributed by atoms with Gasteiger partial charge in [0, 0.05) is 20.9 Å². The van der Waals surface area contributed by atoms with E-state index in [1.807, 2.05) is 11.8 Å². The second-order valence-electron chi connectivity index (χ2n) is 13.8. The van der Waals surface area contributed by atoms with Gasteiger partial charge in [-0.05, 0) is 66.6 Å². The van der Waals surface area contributed by atoms with Crippen LogP contribution in [0.25, 0.3) is 32.7 Å². The highest BCUT2D eigenvalue weighted by Crippen LogP contribution is 2.64. The topological polar surface area (TPSA) is 28.6 Å². The van der Waals surface area contributed by atoms with Gasteiger partial charge in [0.1, 0.15) is 5.69 Å². The number of para-hydroxylation sites is 1. The maximum absolute atomic E-state index is 4.17. The molecule has 3 heteroatoms. The van der Waals surface area contributed by atoms with Crippen molar-refractivity contribution in [1.29, 1.82) is 0 Å². The normalized spacial score (nSPS) is 17.9. The van der Waals surface area contributed by atoms with E-state index in [4.69, 9.17) is 0 Å². The highest BCUT2D eigenvalue weighted by molar-refractivity contribution is 8.00. The van der Waals surface area contributed by atoms with Crippen LogP contribution in [0.1, 0.15) is 51.2 Å². The van der Waals surface area contributed by atoms with Gasteiger partial charge in [-0.3, -0.25) is 10.6 Å². The molecule has 0 amide bonds. The molecule has 2 atom stereocenters. The Kier molecular flexibility index (Phi) is 6.12. The maximum Gasteiger partial charge on any atom is 0.171 e. The molecule has 8 aromatic carbocycles. The van der Waals surface area contributed by atoms with Crippen LogP contribution in [0, 0.1) is 0 Å². The van der Waals surface area contributed by atoms with Gasteiger partial charge in [0.2, 0.25) is 0 Å². The van der Waals surface area contributed by atoms with E-state index in [0.29, 0.717) is 0 Å². The Labute approximate surface area is 295 Å². The second-order valence-corrected chi connectivity index (χ2v) is 14.8. The van der Waals surface area contributed by atoms with E-state index in [9.17, 15) is 0 Å². The summed E-state index contributed by atoms with van der Waals surface area (Å²) in [6.45, 7) is 0. The number of nitrogens with one attached hydrogen (secondary N) is 1. The van der Waals surface area contributed by atoms with Gasteiger partial charge in [-0.1, -0.05) is 176 Å². The van der Waals surface area contributed by atoms with Gasteiger partial charge in [-0.15, -0.1) is 0 Å². The van der Waals surface area contributed by atoms with Crippen molar-refractivity contribution in [2.45, 2.75) is 27.4 Å². The number of hydrogen-bond donors (Lipinski definition) is 2. The third kappa shape index (κ3) is 3.83. The fourth-order valence-corrected chi connectivity index (χ4v) is 10.7. The van der Waals surface area contributed by atoms with E-state index < -0.39 is 5.41 Å². The Hall–Kier alpha value is -5.45. The van der Waals surface area contributed by atoms with Crippen LogP contribution in [0.3, 0.4) is 0 Å². The lowest BCUT2D eigenvalue weighted by Crippen LogP contribution is -2.85. The number of nitrogens with two attached hydrogens (primary N) is 1. The van der Waals surface area contributed by atoms with Gasteiger partial charge in [0.25, 0.3) is 0 Å². The van der Waals surface area contributed by atoms with Crippen molar-refractivity contribution in [3.8, 4) is 11.1 Å². The van der Waals surface area contributed by atoms with E-state index in [1.165, 1.54) is 87.1 Å². The number of hydrogen-bond acceptors (Lipinski definition) is 2. The van der Waals surface area contributed by atoms with Gasteiger partial charge < -0.3 is 0 Å². The SMILES string of the molecule is c1ccc(C2NC(c3cccc4c3C3(c5ccccc5-4)c4ccc5ccccc5c4Sc4c3ccc3ccccc43)[NH2+]c3ccccc32)cc1. The van der Waals surface area contributed by atoms with E-state index >= 15 is 0 Å². The predicted molar refractivity (Wildman–Crippen MR) is 205 cm³/mol. The summed E-state index contributed by atoms with van der Waals surface area (Å²) < 4.78 is 0. The summed E-state index contributed by atoms with van der Waals surface area (Å²) in [5.74, 6) is 0. The zero-order valence-electron chi connectivity index (χ0n) is 27.3. The molecule has 3 N–H and O–H groups in total. The van der Waals surface area contributed by atoms with Gasteiger partial charge >= 0.3 is 0 Å². The molecule has 2 unspecified atom stereocenters. The number of quaternary nitrogens is 1. The largest absolute Gasteiger partial charge is 0.295 e. The van der Waals surface area contributed by atoms with Crippen molar-refractivity contribution in [2.75, 3.05) is 0 Å². The minimum atomic E-state index is -0.499. The van der Waals surface area contributed by atoms with Crippen LogP contribution in [0.5, 0.6) is 0 Å². The molecule has 236 valence electrons. The van der Waals surface area contributed by atoms with Crippen molar-refractivity contribution >= 4 is 39.0 Å². The highest BCUT2D eigenvalue weighted by atomic mass is 32.2. The maximum atomic E-state index is 4.17. The van der Waals surface area contributed by atoms with Gasteiger partial charge in [-0.25, -0.2) is 0 Å². The molecule has 11 rings (SSSR count). The van der Waals surface area contributed by atoms with E-state index in [0.717, 1.165) is 0 Å². The monoisotopic (exact) mass is 657 g/mol. The Morgan fingerprint density at radius 3 is 1.84 bits per heavy atom. The third-order valence-electron chi connectivity index (χ3n) is 11.3. The first-order chi connectivity index (χ1) is 24.8. The van der Waals surface area contributed by atoms with Crippen LogP contribution in [0.2, 0.25) is 0 Å². The lowest BCUT2D eigenvalue weighted by molar-refractivity contribution is -0.630. The molecular weight excluding hydrogens is 625 g/mol. The second kappa shape index (κ2) is 10.8. The minimum Gasteiger partial charge on any atom is -0.295 e. The van der Waals surface area contributed by atoms with Crippen LogP contribution in [-0.2, 0) is 5.41 Å². The average Bonchev–Trinajstić information content (AvgIpc) is 3.48. The van der Waals surface area contributed by atoms with Crippen LogP contribution in [0.15, 0.2) is 180 Å². The molecule has 8 aromatic rings. The zero-order valence-corrected chi connectivity index (χ0v) is 28.1. The molecule has 2 nitrogen and oxygen atoms in total. The molecular formula is C47H33N2S+. The fourth-order valence-electron chi connectivity index (χ4n) is 9.28. The number of fused-ring (bicyclic) bond motifs is 14. The smallest absolute Gasteiger partial charge is 0.171 e. The summed E-state index contributed by atoms with van der Waals surface area (Å²) in [6, 6.07) is 63.5. The minimum absolute atomic E-state index is 0.00126. The Morgan fingerprint density at radius 1 is 0.480 bits per heavy atom. The fraction of sp³-hybridized carbons (Fsp3) is 0.0638. The van der Waals surface area contributed by atoms with Gasteiger partial charge in [-0.2, -0.15) is 0 Å². The van der Waals surface area contributed by atoms with E-state index in [1.54, 1.807) is 0 Å². The summed E-state index contributed by atoms with van der Waals surface area (Å²) in [5, 5.41) is 11.8. The molecule has 50 heavy (non-hydrogen) atoms. The molecule has 3 aliphatic rings. The van der Waals surface area contributed by atoms with Gasteiger partial charge in [0.15, 0.2) is 6.17 Å². The molecule has 2 aliphatic heterocycles. The third-order valence-corrected chi connectivity index (χ3v) is 12.6. The van der Waals surface area contributed by atoms with Crippen molar-refractivity contribution in [3.05, 3.63) is 209 Å². The Balaban J connectivity index is 1.25. The van der Waals surface area contributed by atoms with Crippen LogP contribution in [-0.4, -0.2) is 0 Å². The lowest BCUT2D eigenvalue weighted by Gasteiger charge is -2.42. The first-order valence-corrected chi connectivity index (χ1v) is 18.3. The van der Waals surface area contributed by atoms with Crippen LogP contribution < -0.4 is 10.6 Å². The highest BCUT2D eigenvalue weighted by Gasteiger charge is 2.53. The molecule has 0 fully saturated rings. The average molecular weight is 658 g/mol. The first-order valence-electron chi connectivity index (χ1n) is 17.5. The number of benzene rings is 8. The van der Waals surface area contributed by atoms with Crippen molar-refractivity contribution in [3.63, 3.8) is 0 Å². The molecule has 0 radical (unpaired) electrons. The Morgan fingerprint density at radius 2 is 1.08 bits per heavy atom. The zero-order chi connectivity index (χ0) is 32.8. The van der Waals surface area contributed by atoms with Crippen molar-refractivity contribution in [1.82, 2.24) is 5.32 Å². The molecule has 0 bridgehead atoms. The van der Waals surface area contributed by atoms with E-state index in [2.05, 4.69) is 180 Å². The molecule has 2 heterocycles. The van der Waals surface area contributed by atoms with E-state index in [-0.39, 0.29) is 12.2 Å². The van der Waals surface area contributed by atoms with Crippen molar-refractivity contribution in [2.24, 2.45) is 0 Å². The predicted octanol–water partition coefficient (Wildman–Crippen LogP) is 10.4. The van der Waals surface area contributed by atoms with Gasteiger partial charge in [0.05, 0.1) is 11.5 Å². The molecule has 1 spiro atoms. The summed E-state index contributed by atoms with van der Waals surface area (Å²) in [5.41, 5.74) is 12.9. The van der Waals surface area contributed by atoms with Crippen LogP contribution in [0.4, 0.5) is 5.69 Å².